The van der Waals surface area contributed by atoms with Crippen molar-refractivity contribution in [2.75, 3.05) is 6.54 Å². The van der Waals surface area contributed by atoms with E-state index in [-0.39, 0.29) is 11.7 Å². The molecule has 0 amide bonds. The molecule has 2 aromatic carbocycles. The number of rotatable bonds is 5. The molecule has 2 nitrogen and oxygen atoms in total. The van der Waals surface area contributed by atoms with Crippen LogP contribution in [0, 0.1) is 31.0 Å². The summed E-state index contributed by atoms with van der Waals surface area (Å²) in [6.07, 6.45) is 0. The zero-order valence-corrected chi connectivity index (χ0v) is 12.4. The normalized spacial score (nSPS) is 11.9. The Balaban J connectivity index is 1.96. The van der Waals surface area contributed by atoms with E-state index in [0.29, 0.717) is 24.2 Å². The summed E-state index contributed by atoms with van der Waals surface area (Å²) in [6, 6.07) is 15.7. The van der Waals surface area contributed by atoms with Gasteiger partial charge in [-0.3, -0.25) is 0 Å². The largest absolute Gasteiger partial charge is 0.311 e. The summed E-state index contributed by atoms with van der Waals surface area (Å²) in [7, 11) is 0. The lowest BCUT2D eigenvalue weighted by atomic mass is 10.0. The third-order valence-corrected chi connectivity index (χ3v) is 3.53. The standard InChI is InChI=1S/C18H19FN2/c1-13-8-15(9-14(2)18(13)19)11-21-12-17(10-20)16-6-4-3-5-7-16/h3-9,17,21H,11-12H2,1-2H3. The summed E-state index contributed by atoms with van der Waals surface area (Å²) in [4.78, 5) is 0. The highest BCUT2D eigenvalue weighted by Gasteiger charge is 2.10. The lowest BCUT2D eigenvalue weighted by molar-refractivity contribution is 0.604. The summed E-state index contributed by atoms with van der Waals surface area (Å²) in [5.74, 6) is -0.313. The molecule has 0 fully saturated rings. The van der Waals surface area contributed by atoms with E-state index >= 15 is 0 Å². The molecule has 0 spiro atoms. The quantitative estimate of drug-likeness (QED) is 0.904. The van der Waals surface area contributed by atoms with Crippen molar-refractivity contribution in [1.29, 1.82) is 5.26 Å². The van der Waals surface area contributed by atoms with Crippen LogP contribution in [0.4, 0.5) is 4.39 Å². The fourth-order valence-corrected chi connectivity index (χ4v) is 2.42. The molecule has 108 valence electrons. The van der Waals surface area contributed by atoms with E-state index < -0.39 is 0 Å². The maximum absolute atomic E-state index is 13.6. The van der Waals surface area contributed by atoms with Gasteiger partial charge in [0.2, 0.25) is 0 Å². The van der Waals surface area contributed by atoms with E-state index in [9.17, 15) is 9.65 Å². The number of nitrogens with zero attached hydrogens (tertiary/aromatic N) is 1. The number of hydrogen-bond donors (Lipinski definition) is 1. The van der Waals surface area contributed by atoms with Gasteiger partial charge < -0.3 is 5.32 Å². The Labute approximate surface area is 125 Å². The minimum absolute atomic E-state index is 0.141. The summed E-state index contributed by atoms with van der Waals surface area (Å²) >= 11 is 0. The molecule has 2 aromatic rings. The summed E-state index contributed by atoms with van der Waals surface area (Å²) in [5.41, 5.74) is 3.37. The molecular weight excluding hydrogens is 263 g/mol. The molecule has 0 aliphatic carbocycles. The Morgan fingerprint density at radius 3 is 2.33 bits per heavy atom. The molecular formula is C18H19FN2. The summed E-state index contributed by atoms with van der Waals surface area (Å²) < 4.78 is 13.6. The second-order valence-electron chi connectivity index (χ2n) is 5.27. The van der Waals surface area contributed by atoms with Crippen LogP contribution < -0.4 is 5.32 Å². The summed E-state index contributed by atoms with van der Waals surface area (Å²) in [6.45, 7) is 4.75. The average Bonchev–Trinajstić information content (AvgIpc) is 2.50. The highest BCUT2D eigenvalue weighted by molar-refractivity contribution is 5.30. The van der Waals surface area contributed by atoms with Crippen molar-refractivity contribution in [2.24, 2.45) is 0 Å². The van der Waals surface area contributed by atoms with Gasteiger partial charge in [0, 0.05) is 13.1 Å². The van der Waals surface area contributed by atoms with Crippen LogP contribution in [-0.4, -0.2) is 6.54 Å². The Morgan fingerprint density at radius 1 is 1.14 bits per heavy atom. The maximum atomic E-state index is 13.6. The van der Waals surface area contributed by atoms with Gasteiger partial charge >= 0.3 is 0 Å². The zero-order chi connectivity index (χ0) is 15.2. The zero-order valence-electron chi connectivity index (χ0n) is 12.4. The molecule has 0 bridgehead atoms. The van der Waals surface area contributed by atoms with Gasteiger partial charge in [-0.25, -0.2) is 4.39 Å². The first-order chi connectivity index (χ1) is 10.1. The molecule has 21 heavy (non-hydrogen) atoms. The van der Waals surface area contributed by atoms with E-state index in [1.807, 2.05) is 42.5 Å². The van der Waals surface area contributed by atoms with Crippen LogP contribution in [-0.2, 0) is 6.54 Å². The minimum atomic E-state index is -0.172. The van der Waals surface area contributed by atoms with Crippen molar-refractivity contribution < 1.29 is 4.39 Å². The van der Waals surface area contributed by atoms with Gasteiger partial charge in [0.05, 0.1) is 12.0 Å². The van der Waals surface area contributed by atoms with Crippen LogP contribution in [0.15, 0.2) is 42.5 Å². The maximum Gasteiger partial charge on any atom is 0.129 e. The smallest absolute Gasteiger partial charge is 0.129 e. The van der Waals surface area contributed by atoms with Gasteiger partial charge in [0.15, 0.2) is 0 Å². The van der Waals surface area contributed by atoms with E-state index in [4.69, 9.17) is 0 Å². The predicted molar refractivity (Wildman–Crippen MR) is 82.4 cm³/mol. The molecule has 0 saturated carbocycles. The Kier molecular flexibility index (Phi) is 5.08. The number of hydrogen-bond acceptors (Lipinski definition) is 2. The fourth-order valence-electron chi connectivity index (χ4n) is 2.42. The Morgan fingerprint density at radius 2 is 1.76 bits per heavy atom. The van der Waals surface area contributed by atoms with Crippen LogP contribution in [0.2, 0.25) is 0 Å². The highest BCUT2D eigenvalue weighted by atomic mass is 19.1. The number of halogens is 1. The van der Waals surface area contributed by atoms with Crippen molar-refractivity contribution in [3.63, 3.8) is 0 Å². The molecule has 0 saturated heterocycles. The lowest BCUT2D eigenvalue weighted by Crippen LogP contribution is -2.20. The van der Waals surface area contributed by atoms with Crippen molar-refractivity contribution in [1.82, 2.24) is 5.32 Å². The third kappa shape index (κ3) is 3.90. The van der Waals surface area contributed by atoms with Gasteiger partial charge in [-0.05, 0) is 36.1 Å². The van der Waals surface area contributed by atoms with Gasteiger partial charge in [0.25, 0.3) is 0 Å². The third-order valence-electron chi connectivity index (χ3n) is 3.53. The van der Waals surface area contributed by atoms with Gasteiger partial charge in [0.1, 0.15) is 5.82 Å². The topological polar surface area (TPSA) is 35.8 Å². The molecule has 0 heterocycles. The van der Waals surface area contributed by atoms with Gasteiger partial charge in [-0.15, -0.1) is 0 Å². The van der Waals surface area contributed by atoms with Crippen molar-refractivity contribution in [2.45, 2.75) is 26.3 Å². The Bertz CT molecular complexity index is 621. The van der Waals surface area contributed by atoms with Crippen LogP contribution in [0.5, 0.6) is 0 Å². The number of nitrogens with one attached hydrogen (secondary N) is 1. The number of nitriles is 1. The SMILES string of the molecule is Cc1cc(CNCC(C#N)c2ccccc2)cc(C)c1F. The molecule has 1 atom stereocenters. The first kappa shape index (κ1) is 15.2. The lowest BCUT2D eigenvalue weighted by Gasteiger charge is -2.12. The van der Waals surface area contributed by atoms with Crippen molar-refractivity contribution >= 4 is 0 Å². The molecule has 0 aliphatic heterocycles. The average molecular weight is 282 g/mol. The number of aryl methyl sites for hydroxylation is 2. The van der Waals surface area contributed by atoms with E-state index in [1.165, 1.54) is 0 Å². The summed E-state index contributed by atoms with van der Waals surface area (Å²) in [5, 5.41) is 12.5. The molecule has 0 radical (unpaired) electrons. The predicted octanol–water partition coefficient (Wildman–Crippen LogP) is 3.84. The van der Waals surface area contributed by atoms with Crippen LogP contribution in [0.3, 0.4) is 0 Å². The second kappa shape index (κ2) is 7.01. The number of benzene rings is 2. The highest BCUT2D eigenvalue weighted by Crippen LogP contribution is 2.16. The van der Waals surface area contributed by atoms with Gasteiger partial charge in [-0.2, -0.15) is 5.26 Å². The van der Waals surface area contributed by atoms with Crippen molar-refractivity contribution in [3.8, 4) is 6.07 Å². The molecule has 1 unspecified atom stereocenters. The molecule has 0 aromatic heterocycles. The first-order valence-electron chi connectivity index (χ1n) is 7.02. The molecule has 2 rings (SSSR count). The Hall–Kier alpha value is -2.18. The van der Waals surface area contributed by atoms with E-state index in [0.717, 1.165) is 11.1 Å². The molecule has 0 aliphatic rings. The second-order valence-corrected chi connectivity index (χ2v) is 5.27. The molecule has 1 N–H and O–H groups in total. The fraction of sp³-hybridized carbons (Fsp3) is 0.278. The van der Waals surface area contributed by atoms with Crippen LogP contribution >= 0.6 is 0 Å². The first-order valence-corrected chi connectivity index (χ1v) is 7.02. The van der Waals surface area contributed by atoms with E-state index in [1.54, 1.807) is 13.8 Å². The molecule has 3 heteroatoms. The monoisotopic (exact) mass is 282 g/mol. The minimum Gasteiger partial charge on any atom is -0.311 e. The van der Waals surface area contributed by atoms with Crippen LogP contribution in [0.1, 0.15) is 28.2 Å². The van der Waals surface area contributed by atoms with Crippen molar-refractivity contribution in [3.05, 3.63) is 70.5 Å². The van der Waals surface area contributed by atoms with E-state index in [2.05, 4.69) is 11.4 Å². The van der Waals surface area contributed by atoms with Gasteiger partial charge in [-0.1, -0.05) is 42.5 Å². The van der Waals surface area contributed by atoms with Crippen LogP contribution in [0.25, 0.3) is 0 Å².